The van der Waals surface area contributed by atoms with Crippen molar-refractivity contribution in [1.82, 2.24) is 0 Å². The van der Waals surface area contributed by atoms with Crippen molar-refractivity contribution in [3.05, 3.63) is 17.7 Å². The second-order valence-electron chi connectivity index (χ2n) is 3.23. The molecule has 2 rings (SSSR count). The van der Waals surface area contributed by atoms with Gasteiger partial charge in [-0.2, -0.15) is 0 Å². The normalized spacial score (nSPS) is 13.9. The third-order valence-corrected chi connectivity index (χ3v) is 2.21. The molecule has 1 aromatic carbocycles. The van der Waals surface area contributed by atoms with Crippen LogP contribution in [-0.4, -0.2) is 30.4 Å². The van der Waals surface area contributed by atoms with Gasteiger partial charge < -0.3 is 19.5 Å². The maximum Gasteiger partial charge on any atom is 0.488 e. The molecule has 1 aromatic rings. The molecule has 1 aliphatic heterocycles. The van der Waals surface area contributed by atoms with Crippen LogP contribution in [0.25, 0.3) is 0 Å². The van der Waals surface area contributed by atoms with Gasteiger partial charge in [0.1, 0.15) is 13.2 Å². The van der Waals surface area contributed by atoms with E-state index in [4.69, 9.17) is 19.5 Å². The summed E-state index contributed by atoms with van der Waals surface area (Å²) in [5.41, 5.74) is 1.23. The summed E-state index contributed by atoms with van der Waals surface area (Å²) in [4.78, 5) is 0. The molecule has 0 aliphatic carbocycles. The Morgan fingerprint density at radius 3 is 2.29 bits per heavy atom. The second-order valence-corrected chi connectivity index (χ2v) is 3.23. The first-order chi connectivity index (χ1) is 6.68. The standard InChI is InChI=1S/C9H11BO4/c1-6-4-8-9(14-3-2-13-8)5-7(6)10(11)12/h4-5,11-12H,2-3H2,1H3. The van der Waals surface area contributed by atoms with Gasteiger partial charge in [-0.25, -0.2) is 0 Å². The molecule has 0 saturated carbocycles. The third-order valence-electron chi connectivity index (χ3n) is 2.21. The van der Waals surface area contributed by atoms with Gasteiger partial charge in [-0.05, 0) is 30.1 Å². The molecule has 1 aliphatic rings. The number of aryl methyl sites for hydroxylation is 1. The Kier molecular flexibility index (Phi) is 2.35. The number of fused-ring (bicyclic) bond motifs is 1. The van der Waals surface area contributed by atoms with Crippen molar-refractivity contribution in [3.63, 3.8) is 0 Å². The molecule has 0 spiro atoms. The summed E-state index contributed by atoms with van der Waals surface area (Å²) in [5, 5.41) is 18.1. The predicted molar refractivity (Wildman–Crippen MR) is 52.0 cm³/mol. The number of ether oxygens (including phenoxy) is 2. The van der Waals surface area contributed by atoms with Gasteiger partial charge in [0.2, 0.25) is 0 Å². The van der Waals surface area contributed by atoms with Crippen molar-refractivity contribution in [1.29, 1.82) is 0 Å². The Bertz CT molecular complexity index is 351. The van der Waals surface area contributed by atoms with Crippen LogP contribution in [0.5, 0.6) is 11.5 Å². The topological polar surface area (TPSA) is 58.9 Å². The van der Waals surface area contributed by atoms with Gasteiger partial charge in [0.05, 0.1) is 0 Å². The lowest BCUT2D eigenvalue weighted by atomic mass is 9.77. The van der Waals surface area contributed by atoms with E-state index in [2.05, 4.69) is 0 Å². The molecule has 0 unspecified atom stereocenters. The minimum absolute atomic E-state index is 0.453. The first-order valence-corrected chi connectivity index (χ1v) is 4.45. The molecule has 1 heterocycles. The Hall–Kier alpha value is -1.20. The fourth-order valence-corrected chi connectivity index (χ4v) is 1.48. The van der Waals surface area contributed by atoms with E-state index in [0.29, 0.717) is 30.2 Å². The van der Waals surface area contributed by atoms with E-state index in [1.165, 1.54) is 0 Å². The first kappa shape index (κ1) is 9.36. The summed E-state index contributed by atoms with van der Waals surface area (Å²) in [5.74, 6) is 1.24. The molecule has 0 fully saturated rings. The SMILES string of the molecule is Cc1cc2c(cc1B(O)O)OCCO2. The van der Waals surface area contributed by atoms with E-state index < -0.39 is 7.12 Å². The lowest BCUT2D eigenvalue weighted by Gasteiger charge is -2.20. The van der Waals surface area contributed by atoms with Crippen LogP contribution in [0.4, 0.5) is 0 Å². The monoisotopic (exact) mass is 194 g/mol. The molecule has 0 aromatic heterocycles. The van der Waals surface area contributed by atoms with Crippen molar-refractivity contribution >= 4 is 12.6 Å². The van der Waals surface area contributed by atoms with Crippen molar-refractivity contribution in [2.24, 2.45) is 0 Å². The zero-order valence-corrected chi connectivity index (χ0v) is 7.86. The van der Waals surface area contributed by atoms with Crippen LogP contribution in [-0.2, 0) is 0 Å². The predicted octanol–water partition coefficient (Wildman–Crippen LogP) is -0.554. The van der Waals surface area contributed by atoms with Crippen LogP contribution >= 0.6 is 0 Å². The van der Waals surface area contributed by atoms with Crippen molar-refractivity contribution in [3.8, 4) is 11.5 Å². The Labute approximate surface area is 82.2 Å². The van der Waals surface area contributed by atoms with Crippen LogP contribution in [0.15, 0.2) is 12.1 Å². The molecule has 2 N–H and O–H groups in total. The smallest absolute Gasteiger partial charge is 0.486 e. The highest BCUT2D eigenvalue weighted by atomic mass is 16.6. The molecule has 0 atom stereocenters. The van der Waals surface area contributed by atoms with Crippen LogP contribution in [0, 0.1) is 6.92 Å². The first-order valence-electron chi connectivity index (χ1n) is 4.45. The van der Waals surface area contributed by atoms with Gasteiger partial charge in [0.25, 0.3) is 0 Å². The largest absolute Gasteiger partial charge is 0.488 e. The van der Waals surface area contributed by atoms with Crippen molar-refractivity contribution in [2.75, 3.05) is 13.2 Å². The maximum atomic E-state index is 9.07. The number of hydrogen-bond donors (Lipinski definition) is 2. The average Bonchev–Trinajstić information content (AvgIpc) is 2.16. The average molecular weight is 194 g/mol. The van der Waals surface area contributed by atoms with Crippen LogP contribution in [0.2, 0.25) is 0 Å². The number of benzene rings is 1. The second kappa shape index (κ2) is 3.51. The minimum atomic E-state index is -1.47. The van der Waals surface area contributed by atoms with E-state index in [9.17, 15) is 0 Å². The fraction of sp³-hybridized carbons (Fsp3) is 0.333. The summed E-state index contributed by atoms with van der Waals surface area (Å²) in [6.07, 6.45) is 0. The quantitative estimate of drug-likeness (QED) is 0.588. The highest BCUT2D eigenvalue weighted by Gasteiger charge is 2.20. The van der Waals surface area contributed by atoms with E-state index in [1.807, 2.05) is 0 Å². The maximum absolute atomic E-state index is 9.07. The molecular formula is C9H11BO4. The highest BCUT2D eigenvalue weighted by Crippen LogP contribution is 2.29. The van der Waals surface area contributed by atoms with Crippen molar-refractivity contribution in [2.45, 2.75) is 6.92 Å². The van der Waals surface area contributed by atoms with Gasteiger partial charge in [-0.3, -0.25) is 0 Å². The number of rotatable bonds is 1. The van der Waals surface area contributed by atoms with Gasteiger partial charge >= 0.3 is 7.12 Å². The summed E-state index contributed by atoms with van der Waals surface area (Å²) in [6, 6.07) is 3.36. The van der Waals surface area contributed by atoms with Gasteiger partial charge in [0.15, 0.2) is 11.5 Å². The Balaban J connectivity index is 2.45. The van der Waals surface area contributed by atoms with E-state index in [-0.39, 0.29) is 0 Å². The van der Waals surface area contributed by atoms with Gasteiger partial charge in [-0.1, -0.05) is 0 Å². The Morgan fingerprint density at radius 2 is 1.71 bits per heavy atom. The van der Waals surface area contributed by atoms with E-state index in [1.54, 1.807) is 19.1 Å². The van der Waals surface area contributed by atoms with Crippen LogP contribution < -0.4 is 14.9 Å². The molecule has 0 saturated heterocycles. The third kappa shape index (κ3) is 1.56. The number of hydrogen-bond acceptors (Lipinski definition) is 4. The molecule has 4 nitrogen and oxygen atoms in total. The van der Waals surface area contributed by atoms with Crippen LogP contribution in [0.3, 0.4) is 0 Å². The summed E-state index contributed by atoms with van der Waals surface area (Å²) in [6.45, 7) is 2.83. The lowest BCUT2D eigenvalue weighted by Crippen LogP contribution is -2.33. The van der Waals surface area contributed by atoms with Crippen molar-refractivity contribution < 1.29 is 19.5 Å². The Morgan fingerprint density at radius 1 is 1.14 bits per heavy atom. The molecule has 14 heavy (non-hydrogen) atoms. The molecular weight excluding hydrogens is 183 g/mol. The zero-order chi connectivity index (χ0) is 10.1. The van der Waals surface area contributed by atoms with Gasteiger partial charge in [0, 0.05) is 0 Å². The minimum Gasteiger partial charge on any atom is -0.486 e. The van der Waals surface area contributed by atoms with Gasteiger partial charge in [-0.15, -0.1) is 0 Å². The molecule has 0 radical (unpaired) electrons. The zero-order valence-electron chi connectivity index (χ0n) is 7.86. The fourth-order valence-electron chi connectivity index (χ4n) is 1.48. The van der Waals surface area contributed by atoms with E-state index >= 15 is 0 Å². The summed E-state index contributed by atoms with van der Waals surface area (Å²) < 4.78 is 10.7. The van der Waals surface area contributed by atoms with Crippen LogP contribution in [0.1, 0.15) is 5.56 Å². The molecule has 74 valence electrons. The lowest BCUT2D eigenvalue weighted by molar-refractivity contribution is 0.171. The summed E-state index contributed by atoms with van der Waals surface area (Å²) in [7, 11) is -1.47. The highest BCUT2D eigenvalue weighted by molar-refractivity contribution is 6.59. The molecule has 0 bridgehead atoms. The molecule has 0 amide bonds. The summed E-state index contributed by atoms with van der Waals surface area (Å²) >= 11 is 0. The molecule has 5 heteroatoms. The van der Waals surface area contributed by atoms with E-state index in [0.717, 1.165) is 5.56 Å².